The van der Waals surface area contributed by atoms with Crippen molar-refractivity contribution in [2.75, 3.05) is 13.2 Å². The minimum absolute atomic E-state index is 0.295. The first-order valence-corrected chi connectivity index (χ1v) is 8.91. The molecule has 5 nitrogen and oxygen atoms in total. The lowest BCUT2D eigenvalue weighted by molar-refractivity contribution is 0.0940. The molecule has 0 aliphatic rings. The number of nitrogens with one attached hydrogen (secondary N) is 2. The van der Waals surface area contributed by atoms with Crippen LogP contribution in [0, 0.1) is 24.4 Å². The van der Waals surface area contributed by atoms with E-state index in [4.69, 9.17) is 17.0 Å². The van der Waals surface area contributed by atoms with E-state index in [1.54, 1.807) is 16.7 Å². The van der Waals surface area contributed by atoms with Gasteiger partial charge < -0.3 is 15.0 Å². The molecule has 3 aromatic rings. The van der Waals surface area contributed by atoms with Crippen LogP contribution in [-0.2, 0) is 0 Å². The van der Waals surface area contributed by atoms with Crippen LogP contribution in [0.1, 0.15) is 21.6 Å². The number of aryl methyl sites for hydroxylation is 2. The van der Waals surface area contributed by atoms with Gasteiger partial charge in [0.2, 0.25) is 0 Å². The molecule has 0 bridgehead atoms. The van der Waals surface area contributed by atoms with Gasteiger partial charge in [0.1, 0.15) is 23.9 Å². The third kappa shape index (κ3) is 4.43. The zero-order valence-electron chi connectivity index (χ0n) is 15.1. The fraction of sp³-hybridized carbons (Fsp3) is 0.200. The molecule has 0 aliphatic carbocycles. The van der Waals surface area contributed by atoms with Crippen molar-refractivity contribution in [3.05, 3.63) is 76.1 Å². The average Bonchev–Trinajstić information content (AvgIpc) is 3.02. The number of H-pyrrole nitrogens is 1. The molecule has 2 N–H and O–H groups in total. The van der Waals surface area contributed by atoms with E-state index >= 15 is 0 Å². The highest BCUT2D eigenvalue weighted by Gasteiger charge is 2.14. The van der Waals surface area contributed by atoms with Crippen molar-refractivity contribution in [2.45, 2.75) is 13.8 Å². The van der Waals surface area contributed by atoms with Crippen LogP contribution < -0.4 is 10.1 Å². The van der Waals surface area contributed by atoms with Gasteiger partial charge in [0.05, 0.1) is 6.54 Å². The van der Waals surface area contributed by atoms with Gasteiger partial charge in [0, 0.05) is 11.9 Å². The Kier molecular flexibility index (Phi) is 5.71. The van der Waals surface area contributed by atoms with Crippen LogP contribution in [0.2, 0.25) is 0 Å². The van der Waals surface area contributed by atoms with Gasteiger partial charge in [-0.1, -0.05) is 17.7 Å². The van der Waals surface area contributed by atoms with Gasteiger partial charge in [-0.3, -0.25) is 9.36 Å². The second-order valence-electron chi connectivity index (χ2n) is 6.16. The Labute approximate surface area is 161 Å². The predicted octanol–water partition coefficient (Wildman–Crippen LogP) is 4.10. The summed E-state index contributed by atoms with van der Waals surface area (Å²) in [6.45, 7) is 4.69. The maximum atomic E-state index is 13.1. The monoisotopic (exact) mass is 385 g/mol. The minimum atomic E-state index is -0.352. The Hall–Kier alpha value is -2.93. The number of amides is 1. The molecule has 1 heterocycles. The van der Waals surface area contributed by atoms with Gasteiger partial charge in [-0.2, -0.15) is 0 Å². The highest BCUT2D eigenvalue weighted by molar-refractivity contribution is 7.71. The summed E-state index contributed by atoms with van der Waals surface area (Å²) in [6.07, 6.45) is 1.53. The van der Waals surface area contributed by atoms with Crippen LogP contribution in [0.3, 0.4) is 0 Å². The third-order valence-electron chi connectivity index (χ3n) is 4.07. The number of halogens is 1. The van der Waals surface area contributed by atoms with E-state index in [1.165, 1.54) is 23.9 Å². The number of ether oxygens (including phenoxy) is 1. The molecule has 140 valence electrons. The SMILES string of the molecule is Cc1ccc(OCCNC(=O)c2c[nH]c(=S)n2-c2ccc(F)cc2)c(C)c1. The fourth-order valence-electron chi connectivity index (χ4n) is 2.76. The summed E-state index contributed by atoms with van der Waals surface area (Å²) in [4.78, 5) is 15.4. The number of hydrogen-bond donors (Lipinski definition) is 2. The van der Waals surface area contributed by atoms with Crippen molar-refractivity contribution >= 4 is 18.1 Å². The number of rotatable bonds is 6. The molecule has 3 rings (SSSR count). The van der Waals surface area contributed by atoms with Crippen LogP contribution >= 0.6 is 12.2 Å². The number of carbonyl (C=O) groups excluding carboxylic acids is 1. The van der Waals surface area contributed by atoms with E-state index in [9.17, 15) is 9.18 Å². The van der Waals surface area contributed by atoms with Crippen LogP contribution in [-0.4, -0.2) is 28.6 Å². The predicted molar refractivity (Wildman–Crippen MR) is 105 cm³/mol. The molecule has 0 saturated heterocycles. The highest BCUT2D eigenvalue weighted by atomic mass is 32.1. The van der Waals surface area contributed by atoms with Crippen LogP contribution in [0.15, 0.2) is 48.7 Å². The van der Waals surface area contributed by atoms with Crippen molar-refractivity contribution in [3.8, 4) is 11.4 Å². The molecule has 0 radical (unpaired) electrons. The fourth-order valence-corrected chi connectivity index (χ4v) is 3.02. The second kappa shape index (κ2) is 8.18. The molecular weight excluding hydrogens is 365 g/mol. The van der Waals surface area contributed by atoms with E-state index in [1.807, 2.05) is 32.0 Å². The van der Waals surface area contributed by atoms with Crippen molar-refractivity contribution in [3.63, 3.8) is 0 Å². The minimum Gasteiger partial charge on any atom is -0.491 e. The number of aromatic amines is 1. The number of hydrogen-bond acceptors (Lipinski definition) is 3. The normalized spacial score (nSPS) is 10.6. The lowest BCUT2D eigenvalue weighted by Gasteiger charge is -2.11. The zero-order chi connectivity index (χ0) is 19.4. The first-order chi connectivity index (χ1) is 13.0. The van der Waals surface area contributed by atoms with Crippen molar-refractivity contribution in [1.82, 2.24) is 14.9 Å². The maximum absolute atomic E-state index is 13.1. The summed E-state index contributed by atoms with van der Waals surface area (Å²) in [5.74, 6) is 0.150. The average molecular weight is 385 g/mol. The molecule has 0 atom stereocenters. The Morgan fingerprint density at radius 1 is 1.22 bits per heavy atom. The number of imidazole rings is 1. The van der Waals surface area contributed by atoms with Crippen LogP contribution in [0.25, 0.3) is 5.69 Å². The van der Waals surface area contributed by atoms with Gasteiger partial charge in [-0.15, -0.1) is 0 Å². The van der Waals surface area contributed by atoms with E-state index in [-0.39, 0.29) is 11.7 Å². The lowest BCUT2D eigenvalue weighted by atomic mass is 10.1. The second-order valence-corrected chi connectivity index (χ2v) is 6.55. The van der Waals surface area contributed by atoms with Crippen LogP contribution in [0.5, 0.6) is 5.75 Å². The van der Waals surface area contributed by atoms with E-state index < -0.39 is 0 Å². The highest BCUT2D eigenvalue weighted by Crippen LogP contribution is 2.18. The summed E-state index contributed by atoms with van der Waals surface area (Å²) in [6, 6.07) is 11.7. The maximum Gasteiger partial charge on any atom is 0.269 e. The Balaban J connectivity index is 1.63. The quantitative estimate of drug-likeness (QED) is 0.496. The summed E-state index contributed by atoms with van der Waals surface area (Å²) < 4.78 is 20.8. The van der Waals surface area contributed by atoms with Crippen molar-refractivity contribution in [1.29, 1.82) is 0 Å². The molecule has 0 saturated carbocycles. The largest absolute Gasteiger partial charge is 0.491 e. The summed E-state index contributed by atoms with van der Waals surface area (Å²) in [5.41, 5.74) is 3.18. The van der Waals surface area contributed by atoms with Gasteiger partial charge in [0.25, 0.3) is 5.91 Å². The van der Waals surface area contributed by atoms with E-state index in [0.717, 1.165) is 11.3 Å². The summed E-state index contributed by atoms with van der Waals surface area (Å²) >= 11 is 5.24. The molecule has 0 spiro atoms. The summed E-state index contributed by atoms with van der Waals surface area (Å²) in [7, 11) is 0. The Bertz CT molecular complexity index is 1010. The van der Waals surface area contributed by atoms with Gasteiger partial charge in [-0.25, -0.2) is 4.39 Å². The molecule has 0 fully saturated rings. The number of benzene rings is 2. The smallest absolute Gasteiger partial charge is 0.269 e. The molecule has 0 unspecified atom stereocenters. The molecule has 1 aromatic heterocycles. The molecular formula is C20H20FN3O2S. The molecule has 0 aliphatic heterocycles. The Morgan fingerprint density at radius 3 is 2.67 bits per heavy atom. The van der Waals surface area contributed by atoms with Crippen LogP contribution in [0.4, 0.5) is 4.39 Å². The van der Waals surface area contributed by atoms with Gasteiger partial charge in [0.15, 0.2) is 4.77 Å². The van der Waals surface area contributed by atoms with Gasteiger partial charge >= 0.3 is 0 Å². The molecule has 2 aromatic carbocycles. The standard InChI is InChI=1S/C20H20FN3O2S/c1-13-3-8-18(14(2)11-13)26-10-9-22-19(25)17-12-23-20(27)24(17)16-6-4-15(21)5-7-16/h3-8,11-12H,9-10H2,1-2H3,(H,22,25)(H,23,27). The van der Waals surface area contributed by atoms with Crippen molar-refractivity contribution < 1.29 is 13.9 Å². The van der Waals surface area contributed by atoms with E-state index in [2.05, 4.69) is 10.3 Å². The topological polar surface area (TPSA) is 59.0 Å². The zero-order valence-corrected chi connectivity index (χ0v) is 15.9. The number of aromatic nitrogens is 2. The van der Waals surface area contributed by atoms with E-state index in [0.29, 0.717) is 29.3 Å². The Morgan fingerprint density at radius 2 is 1.96 bits per heavy atom. The molecule has 27 heavy (non-hydrogen) atoms. The number of nitrogens with zero attached hydrogens (tertiary/aromatic N) is 1. The van der Waals surface area contributed by atoms with Crippen molar-refractivity contribution in [2.24, 2.45) is 0 Å². The summed E-state index contributed by atoms with van der Waals surface area (Å²) in [5, 5.41) is 2.81. The lowest BCUT2D eigenvalue weighted by Crippen LogP contribution is -2.29. The first kappa shape index (κ1) is 18.8. The third-order valence-corrected chi connectivity index (χ3v) is 4.37. The molecule has 7 heteroatoms. The van der Waals surface area contributed by atoms with Gasteiger partial charge in [-0.05, 0) is 62.0 Å². The molecule has 1 amide bonds. The number of carbonyl (C=O) groups is 1. The first-order valence-electron chi connectivity index (χ1n) is 8.50.